The highest BCUT2D eigenvalue weighted by molar-refractivity contribution is 7.91. The minimum absolute atomic E-state index is 0.0289. The molecular weight excluding hydrogens is 276 g/mol. The molecule has 0 aliphatic rings. The minimum atomic E-state index is -3.36. The Kier molecular flexibility index (Phi) is 5.37. The van der Waals surface area contributed by atoms with E-state index in [1.165, 1.54) is 23.7 Å². The summed E-state index contributed by atoms with van der Waals surface area (Å²) in [5.41, 5.74) is 1.96. The fraction of sp³-hybridized carbons (Fsp3) is 0.250. The van der Waals surface area contributed by atoms with Gasteiger partial charge in [0.25, 0.3) is 0 Å². The third-order valence-electron chi connectivity index (χ3n) is 2.31. The van der Waals surface area contributed by atoms with Crippen LogP contribution in [0.5, 0.6) is 0 Å². The number of carboxylic acids is 1. The molecule has 0 saturated carbocycles. The van der Waals surface area contributed by atoms with Crippen LogP contribution in [0.4, 0.5) is 0 Å². The lowest BCUT2D eigenvalue weighted by atomic mass is 10.1. The molecule has 0 amide bonds. The molecule has 6 heteroatoms. The first-order valence-corrected chi connectivity index (χ1v) is 7.33. The molecule has 1 rings (SSSR count). The van der Waals surface area contributed by atoms with Gasteiger partial charge in [0, 0.05) is 12.0 Å². The van der Waals surface area contributed by atoms with Crippen molar-refractivity contribution in [2.24, 2.45) is 0 Å². The summed E-state index contributed by atoms with van der Waals surface area (Å²) in [6.07, 6.45) is 1.77. The third kappa shape index (κ3) is 4.50. The average molecular weight is 289 g/mol. The smallest absolute Gasteiger partial charge is 0.303 e. The molecule has 0 fully saturated rings. The van der Waals surface area contributed by atoms with Crippen LogP contribution >= 0.6 is 11.6 Å². The van der Waals surface area contributed by atoms with Gasteiger partial charge in [-0.2, -0.15) is 0 Å². The number of hydrogen-bond acceptors (Lipinski definition) is 3. The van der Waals surface area contributed by atoms with E-state index in [1.54, 1.807) is 12.1 Å². The minimum Gasteiger partial charge on any atom is -0.481 e. The largest absolute Gasteiger partial charge is 0.481 e. The van der Waals surface area contributed by atoms with Gasteiger partial charge in [0.1, 0.15) is 0 Å². The maximum atomic E-state index is 11.8. The quantitative estimate of drug-likeness (QED) is 0.871. The van der Waals surface area contributed by atoms with E-state index in [2.05, 4.69) is 0 Å². The first-order valence-electron chi connectivity index (χ1n) is 5.24. The Bertz CT molecular complexity index is 532. The number of sulfone groups is 1. The van der Waals surface area contributed by atoms with Crippen molar-refractivity contribution in [1.29, 1.82) is 0 Å². The van der Waals surface area contributed by atoms with Gasteiger partial charge in [-0.15, -0.1) is 0 Å². The fourth-order valence-corrected chi connectivity index (χ4v) is 2.66. The Labute approximate surface area is 111 Å². The van der Waals surface area contributed by atoms with E-state index >= 15 is 0 Å². The first kappa shape index (κ1) is 14.7. The molecule has 0 heterocycles. The monoisotopic (exact) mass is 288 g/mol. The molecule has 0 unspecified atom stereocenters. The molecule has 0 radical (unpaired) electrons. The molecule has 1 aromatic carbocycles. The summed E-state index contributed by atoms with van der Waals surface area (Å²) in [6.45, 7) is 0. The Hall–Kier alpha value is -1.33. The van der Waals surface area contributed by atoms with E-state index in [4.69, 9.17) is 16.7 Å². The number of carboxylic acid groups (broad SMARTS) is 1. The van der Waals surface area contributed by atoms with Gasteiger partial charge in [0.15, 0.2) is 9.84 Å². The Morgan fingerprint density at radius 2 is 1.89 bits per heavy atom. The molecule has 0 aliphatic heterocycles. The van der Waals surface area contributed by atoms with Crippen LogP contribution in [0, 0.1) is 0 Å². The Morgan fingerprint density at radius 1 is 1.28 bits per heavy atom. The van der Waals surface area contributed by atoms with Gasteiger partial charge in [0.05, 0.1) is 10.6 Å². The zero-order chi connectivity index (χ0) is 13.6. The molecular formula is C12H13ClO4S. The summed E-state index contributed by atoms with van der Waals surface area (Å²) < 4.78 is 23.5. The lowest BCUT2D eigenvalue weighted by Crippen LogP contribution is -2.05. The van der Waals surface area contributed by atoms with Gasteiger partial charge in [-0.1, -0.05) is 29.8 Å². The second-order valence-corrected chi connectivity index (χ2v) is 5.97. The number of benzene rings is 1. The van der Waals surface area contributed by atoms with Crippen LogP contribution < -0.4 is 0 Å². The predicted octanol–water partition coefficient (Wildman–Crippen LogP) is 2.23. The number of carbonyl (C=O) groups is 1. The Balaban J connectivity index is 2.79. The predicted molar refractivity (Wildman–Crippen MR) is 69.4 cm³/mol. The van der Waals surface area contributed by atoms with Crippen LogP contribution in [0.3, 0.4) is 0 Å². The van der Waals surface area contributed by atoms with Crippen LogP contribution in [0.25, 0.3) is 0 Å². The van der Waals surface area contributed by atoms with Crippen LogP contribution in [0.15, 0.2) is 40.8 Å². The van der Waals surface area contributed by atoms with Crippen molar-refractivity contribution in [3.8, 4) is 0 Å². The summed E-state index contributed by atoms with van der Waals surface area (Å²) in [7, 11) is -3.36. The first-order chi connectivity index (χ1) is 8.45. The van der Waals surface area contributed by atoms with E-state index < -0.39 is 15.8 Å². The van der Waals surface area contributed by atoms with Gasteiger partial charge in [-0.05, 0) is 24.1 Å². The lowest BCUT2D eigenvalue weighted by Gasteiger charge is -2.03. The average Bonchev–Trinajstić information content (AvgIpc) is 2.34. The van der Waals surface area contributed by atoms with Gasteiger partial charge in [-0.3, -0.25) is 4.79 Å². The second kappa shape index (κ2) is 6.56. The molecule has 0 aliphatic carbocycles. The third-order valence-corrected chi connectivity index (χ3v) is 4.11. The fourth-order valence-electron chi connectivity index (χ4n) is 1.37. The molecule has 0 aromatic heterocycles. The number of aryl methyl sites for hydroxylation is 1. The van der Waals surface area contributed by atoms with E-state index in [1.807, 2.05) is 0 Å². The maximum absolute atomic E-state index is 11.8. The van der Waals surface area contributed by atoms with Crippen molar-refractivity contribution in [2.75, 3.05) is 5.75 Å². The zero-order valence-electron chi connectivity index (χ0n) is 9.54. The lowest BCUT2D eigenvalue weighted by molar-refractivity contribution is -0.136. The van der Waals surface area contributed by atoms with E-state index in [-0.39, 0.29) is 17.1 Å². The van der Waals surface area contributed by atoms with E-state index in [9.17, 15) is 13.2 Å². The van der Waals surface area contributed by atoms with Crippen LogP contribution in [0.2, 0.25) is 0 Å². The summed E-state index contributed by atoms with van der Waals surface area (Å²) >= 11 is 5.29. The SMILES string of the molecule is O=C(O)CCc1ccc(S(=O)(=O)C/C=C/Cl)cc1. The number of rotatable bonds is 6. The number of aliphatic carboxylic acids is 1. The molecule has 18 heavy (non-hydrogen) atoms. The van der Waals surface area contributed by atoms with Crippen LogP contribution in [-0.4, -0.2) is 25.2 Å². The highest BCUT2D eigenvalue weighted by Gasteiger charge is 2.12. The molecule has 0 spiro atoms. The number of halogens is 1. The van der Waals surface area contributed by atoms with Crippen molar-refractivity contribution >= 4 is 27.4 Å². The van der Waals surface area contributed by atoms with Crippen LogP contribution in [0.1, 0.15) is 12.0 Å². The molecule has 1 aromatic rings. The van der Waals surface area contributed by atoms with E-state index in [0.717, 1.165) is 5.56 Å². The zero-order valence-corrected chi connectivity index (χ0v) is 11.1. The van der Waals surface area contributed by atoms with Crippen molar-refractivity contribution in [1.82, 2.24) is 0 Å². The highest BCUT2D eigenvalue weighted by Crippen LogP contribution is 2.14. The molecule has 0 saturated heterocycles. The molecule has 98 valence electrons. The number of hydrogen-bond donors (Lipinski definition) is 1. The normalized spacial score (nSPS) is 11.8. The highest BCUT2D eigenvalue weighted by atomic mass is 35.5. The Morgan fingerprint density at radius 3 is 2.39 bits per heavy atom. The molecule has 0 bridgehead atoms. The molecule has 4 nitrogen and oxygen atoms in total. The second-order valence-electron chi connectivity index (χ2n) is 3.68. The molecule has 0 atom stereocenters. The van der Waals surface area contributed by atoms with Crippen molar-refractivity contribution < 1.29 is 18.3 Å². The summed E-state index contributed by atoms with van der Waals surface area (Å²) in [5, 5.41) is 8.54. The summed E-state index contributed by atoms with van der Waals surface area (Å²) in [4.78, 5) is 10.6. The summed E-state index contributed by atoms with van der Waals surface area (Å²) in [6, 6.07) is 6.21. The standard InChI is InChI=1S/C12H13ClO4S/c13-8-1-9-18(16,17)11-5-2-10(3-6-11)4-7-12(14)15/h1-3,5-6,8H,4,7,9H2,(H,14,15)/b8-1+. The van der Waals surface area contributed by atoms with Gasteiger partial charge in [0.2, 0.25) is 0 Å². The van der Waals surface area contributed by atoms with Crippen molar-refractivity contribution in [3.63, 3.8) is 0 Å². The van der Waals surface area contributed by atoms with Crippen molar-refractivity contribution in [2.45, 2.75) is 17.7 Å². The maximum Gasteiger partial charge on any atom is 0.303 e. The van der Waals surface area contributed by atoms with Gasteiger partial charge >= 0.3 is 5.97 Å². The summed E-state index contributed by atoms with van der Waals surface area (Å²) in [5.74, 6) is -1.02. The van der Waals surface area contributed by atoms with Gasteiger partial charge < -0.3 is 5.11 Å². The van der Waals surface area contributed by atoms with Crippen molar-refractivity contribution in [3.05, 3.63) is 41.4 Å². The topological polar surface area (TPSA) is 71.4 Å². The van der Waals surface area contributed by atoms with Gasteiger partial charge in [-0.25, -0.2) is 8.42 Å². The van der Waals surface area contributed by atoms with Crippen LogP contribution in [-0.2, 0) is 21.1 Å². The molecule has 1 N–H and O–H groups in total. The van der Waals surface area contributed by atoms with E-state index in [0.29, 0.717) is 6.42 Å².